The normalized spacial score (nSPS) is 31.7. The minimum Gasteiger partial charge on any atom is -0.314 e. The summed E-state index contributed by atoms with van der Waals surface area (Å²) in [5.41, 5.74) is 0. The van der Waals surface area contributed by atoms with Gasteiger partial charge in [0.05, 0.1) is 0 Å². The molecule has 2 rings (SSSR count). The second-order valence-corrected chi connectivity index (χ2v) is 6.92. The summed E-state index contributed by atoms with van der Waals surface area (Å²) in [5.74, 6) is 3.01. The lowest BCUT2D eigenvalue weighted by Gasteiger charge is -2.28. The lowest BCUT2D eigenvalue weighted by atomic mass is 9.83. The first-order valence-corrected chi connectivity index (χ1v) is 8.53. The van der Waals surface area contributed by atoms with Crippen LogP contribution in [0.25, 0.3) is 0 Å². The van der Waals surface area contributed by atoms with Crippen molar-refractivity contribution < 1.29 is 0 Å². The highest BCUT2D eigenvalue weighted by Crippen LogP contribution is 2.35. The largest absolute Gasteiger partial charge is 0.314 e. The minimum absolute atomic E-state index is 0.821. The maximum Gasteiger partial charge on any atom is 0.00954 e. The summed E-state index contributed by atoms with van der Waals surface area (Å²) in [4.78, 5) is 0. The second-order valence-electron chi connectivity index (χ2n) is 6.92. The van der Waals surface area contributed by atoms with Crippen LogP contribution in [0.15, 0.2) is 0 Å². The average molecular weight is 251 g/mol. The van der Waals surface area contributed by atoms with E-state index >= 15 is 0 Å². The van der Waals surface area contributed by atoms with Gasteiger partial charge in [0.2, 0.25) is 0 Å². The average Bonchev–Trinajstić information content (AvgIpc) is 2.82. The van der Waals surface area contributed by atoms with Gasteiger partial charge >= 0.3 is 0 Å². The number of nitrogens with one attached hydrogen (secondary N) is 1. The molecular formula is C17H33N. The van der Waals surface area contributed by atoms with Crippen molar-refractivity contribution in [1.82, 2.24) is 5.32 Å². The smallest absolute Gasteiger partial charge is 0.00954 e. The molecule has 2 aliphatic rings. The molecule has 0 aromatic rings. The standard InChI is InChI=1S/C17H33N/c1-3-18-17(16-11-9-14(2)13-16)12-10-15-7-5-4-6-8-15/h14-18H,3-13H2,1-2H3. The third kappa shape index (κ3) is 4.26. The highest BCUT2D eigenvalue weighted by Gasteiger charge is 2.28. The minimum atomic E-state index is 0.821. The van der Waals surface area contributed by atoms with Crippen LogP contribution in [-0.2, 0) is 0 Å². The van der Waals surface area contributed by atoms with Gasteiger partial charge < -0.3 is 5.32 Å². The summed E-state index contributed by atoms with van der Waals surface area (Å²) >= 11 is 0. The Hall–Kier alpha value is -0.0400. The lowest BCUT2D eigenvalue weighted by molar-refractivity contribution is 0.277. The fourth-order valence-electron chi connectivity index (χ4n) is 4.27. The monoisotopic (exact) mass is 251 g/mol. The molecule has 1 nitrogen and oxygen atoms in total. The van der Waals surface area contributed by atoms with Crippen molar-refractivity contribution in [3.63, 3.8) is 0 Å². The first kappa shape index (κ1) is 14.4. The van der Waals surface area contributed by atoms with Gasteiger partial charge in [0.1, 0.15) is 0 Å². The molecule has 0 aliphatic heterocycles. The molecule has 18 heavy (non-hydrogen) atoms. The van der Waals surface area contributed by atoms with Crippen molar-refractivity contribution in [2.24, 2.45) is 17.8 Å². The number of rotatable bonds is 6. The third-order valence-corrected chi connectivity index (χ3v) is 5.38. The molecule has 2 saturated carbocycles. The molecule has 0 bridgehead atoms. The van der Waals surface area contributed by atoms with E-state index in [1.54, 1.807) is 0 Å². The predicted molar refractivity (Wildman–Crippen MR) is 79.8 cm³/mol. The van der Waals surface area contributed by atoms with Crippen LogP contribution in [0.3, 0.4) is 0 Å². The zero-order valence-corrected chi connectivity index (χ0v) is 12.6. The molecule has 0 heterocycles. The lowest BCUT2D eigenvalue weighted by Crippen LogP contribution is -2.35. The van der Waals surface area contributed by atoms with Crippen molar-refractivity contribution >= 4 is 0 Å². The molecule has 3 atom stereocenters. The molecule has 0 amide bonds. The van der Waals surface area contributed by atoms with E-state index < -0.39 is 0 Å². The topological polar surface area (TPSA) is 12.0 Å². The molecule has 106 valence electrons. The molecule has 0 spiro atoms. The van der Waals surface area contributed by atoms with E-state index in [-0.39, 0.29) is 0 Å². The maximum absolute atomic E-state index is 3.78. The van der Waals surface area contributed by atoms with Gasteiger partial charge in [-0.15, -0.1) is 0 Å². The Kier molecular flexibility index (Phi) is 6.01. The Morgan fingerprint density at radius 2 is 1.83 bits per heavy atom. The van der Waals surface area contributed by atoms with Gasteiger partial charge in [-0.2, -0.15) is 0 Å². The van der Waals surface area contributed by atoms with Crippen LogP contribution in [0.4, 0.5) is 0 Å². The summed E-state index contributed by atoms with van der Waals surface area (Å²) in [6, 6.07) is 0.821. The van der Waals surface area contributed by atoms with Crippen molar-refractivity contribution in [2.45, 2.75) is 84.1 Å². The van der Waals surface area contributed by atoms with E-state index in [1.807, 2.05) is 0 Å². The SMILES string of the molecule is CCNC(CCC1CCCCC1)C1CCC(C)C1. The Morgan fingerprint density at radius 3 is 2.44 bits per heavy atom. The van der Waals surface area contributed by atoms with E-state index in [1.165, 1.54) is 64.2 Å². The van der Waals surface area contributed by atoms with Gasteiger partial charge in [-0.1, -0.05) is 52.4 Å². The molecule has 2 aliphatic carbocycles. The Labute approximate surface area is 114 Å². The van der Waals surface area contributed by atoms with Gasteiger partial charge in [0.25, 0.3) is 0 Å². The molecule has 0 saturated heterocycles. The Balaban J connectivity index is 1.74. The molecule has 0 radical (unpaired) electrons. The first-order valence-electron chi connectivity index (χ1n) is 8.53. The molecule has 1 heteroatoms. The zero-order chi connectivity index (χ0) is 12.8. The van der Waals surface area contributed by atoms with Crippen LogP contribution in [0, 0.1) is 17.8 Å². The van der Waals surface area contributed by atoms with Crippen LogP contribution in [0.2, 0.25) is 0 Å². The van der Waals surface area contributed by atoms with E-state index in [2.05, 4.69) is 19.2 Å². The van der Waals surface area contributed by atoms with Gasteiger partial charge in [-0.05, 0) is 50.0 Å². The van der Waals surface area contributed by atoms with Gasteiger partial charge in [0.15, 0.2) is 0 Å². The summed E-state index contributed by atoms with van der Waals surface area (Å²) in [6.07, 6.45) is 14.9. The molecule has 3 unspecified atom stereocenters. The molecule has 0 aromatic heterocycles. The van der Waals surface area contributed by atoms with Crippen molar-refractivity contribution in [1.29, 1.82) is 0 Å². The zero-order valence-electron chi connectivity index (χ0n) is 12.6. The predicted octanol–water partition coefficient (Wildman–Crippen LogP) is 4.76. The van der Waals surface area contributed by atoms with Crippen LogP contribution >= 0.6 is 0 Å². The van der Waals surface area contributed by atoms with Gasteiger partial charge in [-0.25, -0.2) is 0 Å². The first-order chi connectivity index (χ1) is 8.79. The van der Waals surface area contributed by atoms with Crippen molar-refractivity contribution in [3.05, 3.63) is 0 Å². The number of hydrogen-bond donors (Lipinski definition) is 1. The second kappa shape index (κ2) is 7.53. The summed E-state index contributed by atoms with van der Waals surface area (Å²) < 4.78 is 0. The molecule has 1 N–H and O–H groups in total. The van der Waals surface area contributed by atoms with Crippen LogP contribution in [-0.4, -0.2) is 12.6 Å². The van der Waals surface area contributed by atoms with E-state index in [9.17, 15) is 0 Å². The van der Waals surface area contributed by atoms with Crippen molar-refractivity contribution in [3.8, 4) is 0 Å². The van der Waals surface area contributed by atoms with Crippen LogP contribution < -0.4 is 5.32 Å². The van der Waals surface area contributed by atoms with Crippen molar-refractivity contribution in [2.75, 3.05) is 6.54 Å². The van der Waals surface area contributed by atoms with E-state index in [4.69, 9.17) is 0 Å². The third-order valence-electron chi connectivity index (χ3n) is 5.38. The fourth-order valence-corrected chi connectivity index (χ4v) is 4.27. The fraction of sp³-hybridized carbons (Fsp3) is 1.00. The summed E-state index contributed by atoms with van der Waals surface area (Å²) in [7, 11) is 0. The number of hydrogen-bond acceptors (Lipinski definition) is 1. The summed E-state index contributed by atoms with van der Waals surface area (Å²) in [5, 5.41) is 3.78. The van der Waals surface area contributed by atoms with E-state index in [0.29, 0.717) is 0 Å². The van der Waals surface area contributed by atoms with Gasteiger partial charge in [0, 0.05) is 6.04 Å². The van der Waals surface area contributed by atoms with E-state index in [0.717, 1.165) is 30.3 Å². The van der Waals surface area contributed by atoms with Gasteiger partial charge in [-0.3, -0.25) is 0 Å². The summed E-state index contributed by atoms with van der Waals surface area (Å²) in [6.45, 7) is 5.86. The molecular weight excluding hydrogens is 218 g/mol. The molecule has 0 aromatic carbocycles. The van der Waals surface area contributed by atoms with Crippen LogP contribution in [0.1, 0.15) is 78.1 Å². The quantitative estimate of drug-likeness (QED) is 0.717. The highest BCUT2D eigenvalue weighted by molar-refractivity contribution is 4.84. The highest BCUT2D eigenvalue weighted by atomic mass is 14.9. The Bertz CT molecular complexity index is 220. The van der Waals surface area contributed by atoms with Crippen LogP contribution in [0.5, 0.6) is 0 Å². The molecule has 2 fully saturated rings. The maximum atomic E-state index is 3.78. The Morgan fingerprint density at radius 1 is 1.06 bits per heavy atom.